The number of nitrogens with two attached hydrogens (primary N) is 1. The van der Waals surface area contributed by atoms with Gasteiger partial charge in [0.25, 0.3) is 10.2 Å². The molecule has 0 aromatic heterocycles. The molecule has 2 fully saturated rings. The molecule has 0 aliphatic carbocycles. The van der Waals surface area contributed by atoms with Crippen molar-refractivity contribution in [2.75, 3.05) is 19.6 Å². The van der Waals surface area contributed by atoms with Crippen LogP contribution in [0.2, 0.25) is 0 Å². The van der Waals surface area contributed by atoms with Crippen molar-refractivity contribution in [1.82, 2.24) is 8.61 Å². The third-order valence-corrected chi connectivity index (χ3v) is 7.01. The Balaban J connectivity index is 1.78. The summed E-state index contributed by atoms with van der Waals surface area (Å²) in [5, 5.41) is 0. The van der Waals surface area contributed by atoms with Gasteiger partial charge in [-0.25, -0.2) is 0 Å². The van der Waals surface area contributed by atoms with E-state index in [0.717, 1.165) is 24.8 Å². The largest absolute Gasteiger partial charge is 0.326 e. The van der Waals surface area contributed by atoms with Crippen molar-refractivity contribution in [3.8, 4) is 0 Å². The third kappa shape index (κ3) is 2.93. The molecule has 3 rings (SSSR count). The first kappa shape index (κ1) is 15.9. The number of rotatable bonds is 3. The molecule has 3 atom stereocenters. The van der Waals surface area contributed by atoms with E-state index in [9.17, 15) is 8.42 Å². The summed E-state index contributed by atoms with van der Waals surface area (Å²) in [7, 11) is -3.40. The minimum Gasteiger partial charge on any atom is -0.326 e. The topological polar surface area (TPSA) is 66.6 Å². The summed E-state index contributed by atoms with van der Waals surface area (Å²) in [5.41, 5.74) is 7.36. The molecule has 1 aromatic carbocycles. The van der Waals surface area contributed by atoms with Crippen LogP contribution < -0.4 is 5.73 Å². The van der Waals surface area contributed by atoms with E-state index in [1.54, 1.807) is 8.61 Å². The lowest BCUT2D eigenvalue weighted by molar-refractivity contribution is 0.250. The van der Waals surface area contributed by atoms with Crippen molar-refractivity contribution >= 4 is 10.2 Å². The van der Waals surface area contributed by atoms with Crippen LogP contribution in [0.3, 0.4) is 0 Å². The average Bonchev–Trinajstić information content (AvgIpc) is 2.91. The monoisotopic (exact) mass is 323 g/mol. The molecule has 2 aliphatic heterocycles. The highest BCUT2D eigenvalue weighted by molar-refractivity contribution is 7.86. The minimum absolute atomic E-state index is 0.0797. The first-order chi connectivity index (χ1) is 10.5. The normalized spacial score (nSPS) is 31.5. The van der Waals surface area contributed by atoms with Crippen LogP contribution in [0.4, 0.5) is 0 Å². The van der Waals surface area contributed by atoms with E-state index >= 15 is 0 Å². The van der Waals surface area contributed by atoms with Gasteiger partial charge in [0.1, 0.15) is 0 Å². The summed E-state index contributed by atoms with van der Waals surface area (Å²) in [4.78, 5) is 0. The molecule has 1 unspecified atom stereocenters. The number of nitrogens with zero attached hydrogens (tertiary/aromatic N) is 2. The zero-order chi connectivity index (χ0) is 15.7. The Hall–Kier alpha value is -0.950. The van der Waals surface area contributed by atoms with Gasteiger partial charge in [-0.3, -0.25) is 0 Å². The van der Waals surface area contributed by atoms with Crippen molar-refractivity contribution in [3.05, 3.63) is 35.9 Å². The van der Waals surface area contributed by atoms with Crippen LogP contribution in [0.5, 0.6) is 0 Å². The summed E-state index contributed by atoms with van der Waals surface area (Å²) >= 11 is 0. The fourth-order valence-electron chi connectivity index (χ4n) is 3.60. The van der Waals surface area contributed by atoms with E-state index in [0.29, 0.717) is 19.6 Å². The van der Waals surface area contributed by atoms with Gasteiger partial charge in [0, 0.05) is 37.6 Å². The van der Waals surface area contributed by atoms with Crippen molar-refractivity contribution in [1.29, 1.82) is 0 Å². The van der Waals surface area contributed by atoms with Gasteiger partial charge in [0.05, 0.1) is 0 Å². The molecule has 0 saturated carbocycles. The van der Waals surface area contributed by atoms with E-state index in [4.69, 9.17) is 5.73 Å². The van der Waals surface area contributed by atoms with E-state index in [-0.39, 0.29) is 18.0 Å². The Labute approximate surface area is 133 Å². The van der Waals surface area contributed by atoms with Gasteiger partial charge in [0.15, 0.2) is 0 Å². The quantitative estimate of drug-likeness (QED) is 0.917. The highest BCUT2D eigenvalue weighted by Gasteiger charge is 2.41. The maximum Gasteiger partial charge on any atom is 0.282 e. The van der Waals surface area contributed by atoms with Crippen LogP contribution in [0.25, 0.3) is 0 Å². The number of hydrogen-bond donors (Lipinski definition) is 1. The molecule has 2 N–H and O–H groups in total. The lowest BCUT2D eigenvalue weighted by Gasteiger charge is -2.35. The highest BCUT2D eigenvalue weighted by Crippen LogP contribution is 2.31. The standard InChI is InChI=1S/C16H25N3O2S/c1-13-7-5-6-10-19(13)22(20,21)18-11-15(16(17)12-18)14-8-3-2-4-9-14/h2-4,8-9,13,15-16H,5-7,10-12,17H2,1H3/t13?,15-,16+/m0/s1. The van der Waals surface area contributed by atoms with Crippen molar-refractivity contribution < 1.29 is 8.42 Å². The van der Waals surface area contributed by atoms with E-state index in [2.05, 4.69) is 0 Å². The van der Waals surface area contributed by atoms with E-state index in [1.807, 2.05) is 37.3 Å². The summed E-state index contributed by atoms with van der Waals surface area (Å²) in [6, 6.07) is 9.93. The zero-order valence-electron chi connectivity index (χ0n) is 13.1. The minimum atomic E-state index is -3.40. The maximum absolute atomic E-state index is 12.9. The second kappa shape index (κ2) is 6.28. The molecular formula is C16H25N3O2S. The molecule has 2 heterocycles. The number of benzene rings is 1. The Morgan fingerprint density at radius 3 is 2.55 bits per heavy atom. The molecule has 0 radical (unpaired) electrons. The second-order valence-corrected chi connectivity index (χ2v) is 8.34. The summed E-state index contributed by atoms with van der Waals surface area (Å²) < 4.78 is 29.1. The number of piperidine rings is 1. The molecule has 2 saturated heterocycles. The van der Waals surface area contributed by atoms with Gasteiger partial charge < -0.3 is 5.73 Å². The molecule has 2 aliphatic rings. The predicted octanol–water partition coefficient (Wildman–Crippen LogP) is 1.53. The first-order valence-corrected chi connectivity index (χ1v) is 9.47. The van der Waals surface area contributed by atoms with Crippen LogP contribution in [0.15, 0.2) is 30.3 Å². The smallest absolute Gasteiger partial charge is 0.282 e. The zero-order valence-corrected chi connectivity index (χ0v) is 13.9. The first-order valence-electron chi connectivity index (χ1n) is 8.07. The van der Waals surface area contributed by atoms with Gasteiger partial charge in [-0.2, -0.15) is 17.0 Å². The lowest BCUT2D eigenvalue weighted by Crippen LogP contribution is -2.49. The molecule has 0 amide bonds. The van der Waals surface area contributed by atoms with Gasteiger partial charge in [0.2, 0.25) is 0 Å². The van der Waals surface area contributed by atoms with Gasteiger partial charge in [-0.05, 0) is 25.3 Å². The van der Waals surface area contributed by atoms with Crippen LogP contribution in [0, 0.1) is 0 Å². The molecule has 122 valence electrons. The van der Waals surface area contributed by atoms with Crippen LogP contribution in [-0.4, -0.2) is 48.7 Å². The maximum atomic E-state index is 12.9. The SMILES string of the molecule is CC1CCCCN1S(=O)(=O)N1C[C@@H](N)[C@H](c2ccccc2)C1. The Morgan fingerprint density at radius 1 is 1.14 bits per heavy atom. The molecule has 22 heavy (non-hydrogen) atoms. The van der Waals surface area contributed by atoms with Crippen molar-refractivity contribution in [2.24, 2.45) is 5.73 Å². The van der Waals surface area contributed by atoms with Gasteiger partial charge in [-0.15, -0.1) is 0 Å². The Kier molecular flexibility index (Phi) is 4.54. The average molecular weight is 323 g/mol. The summed E-state index contributed by atoms with van der Waals surface area (Å²) in [6.45, 7) is 3.52. The molecule has 0 bridgehead atoms. The second-order valence-electron chi connectivity index (χ2n) is 6.46. The Bertz CT molecular complexity index is 605. The molecule has 6 heteroatoms. The predicted molar refractivity (Wildman–Crippen MR) is 87.7 cm³/mol. The van der Waals surface area contributed by atoms with Crippen LogP contribution >= 0.6 is 0 Å². The van der Waals surface area contributed by atoms with Crippen LogP contribution in [-0.2, 0) is 10.2 Å². The Morgan fingerprint density at radius 2 is 1.86 bits per heavy atom. The third-order valence-electron chi connectivity index (χ3n) is 4.92. The van der Waals surface area contributed by atoms with Crippen molar-refractivity contribution in [3.63, 3.8) is 0 Å². The lowest BCUT2D eigenvalue weighted by atomic mass is 9.95. The summed E-state index contributed by atoms with van der Waals surface area (Å²) in [5.74, 6) is 0.0797. The van der Waals surface area contributed by atoms with E-state index < -0.39 is 10.2 Å². The van der Waals surface area contributed by atoms with Gasteiger partial charge in [-0.1, -0.05) is 36.8 Å². The fourth-order valence-corrected chi connectivity index (χ4v) is 5.52. The summed E-state index contributed by atoms with van der Waals surface area (Å²) in [6.07, 6.45) is 3.01. The van der Waals surface area contributed by atoms with E-state index in [1.165, 1.54) is 0 Å². The molecule has 0 spiro atoms. The fraction of sp³-hybridized carbons (Fsp3) is 0.625. The van der Waals surface area contributed by atoms with Crippen LogP contribution in [0.1, 0.15) is 37.7 Å². The molecule has 1 aromatic rings. The van der Waals surface area contributed by atoms with Crippen molar-refractivity contribution in [2.45, 2.75) is 44.2 Å². The highest BCUT2D eigenvalue weighted by atomic mass is 32.2. The number of hydrogen-bond acceptors (Lipinski definition) is 3. The van der Waals surface area contributed by atoms with Gasteiger partial charge >= 0.3 is 0 Å². The molecular weight excluding hydrogens is 298 g/mol. The molecule has 5 nitrogen and oxygen atoms in total.